The Morgan fingerprint density at radius 3 is 2.31 bits per heavy atom. The van der Waals surface area contributed by atoms with Crippen LogP contribution in [0.3, 0.4) is 0 Å². The molecule has 0 aliphatic carbocycles. The third-order valence-corrected chi connectivity index (χ3v) is 2.94. The van der Waals surface area contributed by atoms with Crippen LogP contribution in [0.25, 0.3) is 0 Å². The normalized spacial score (nSPS) is 61.2. The van der Waals surface area contributed by atoms with E-state index in [1.165, 1.54) is 0 Å². The average molecular weight is 191 g/mol. The summed E-state index contributed by atoms with van der Waals surface area (Å²) in [6, 6.07) is -0.571. The fourth-order valence-corrected chi connectivity index (χ4v) is 2.06. The lowest BCUT2D eigenvalue weighted by molar-refractivity contribution is -0.210. The fraction of sp³-hybridized carbons (Fsp3) is 1.00. The number of rotatable bonds is 0. The standard InChI is InChI=1S/C7H13NO5/c9-3-1-2-4(10)5(11)6(12)7(3,13)8-2/h2-6,8-13H,1H2. The number of nitrogens with one attached hydrogen (secondary N) is 1. The molecular formula is C7H13NO5. The molecule has 2 fully saturated rings. The number of aliphatic hydroxyl groups excluding tert-OH is 4. The van der Waals surface area contributed by atoms with Gasteiger partial charge in [0, 0.05) is 6.04 Å². The molecule has 13 heavy (non-hydrogen) atoms. The lowest BCUT2D eigenvalue weighted by Crippen LogP contribution is -2.69. The first-order valence-electron chi connectivity index (χ1n) is 4.19. The van der Waals surface area contributed by atoms with Crippen molar-refractivity contribution in [3.8, 4) is 0 Å². The summed E-state index contributed by atoms with van der Waals surface area (Å²) in [6.07, 6.45) is -5.21. The van der Waals surface area contributed by atoms with Crippen LogP contribution in [0.2, 0.25) is 0 Å². The van der Waals surface area contributed by atoms with E-state index in [4.69, 9.17) is 0 Å². The SMILES string of the molecule is OC1C2CC(O)C(O)(N2)C(O)C1O. The molecular weight excluding hydrogens is 178 g/mol. The van der Waals surface area contributed by atoms with Gasteiger partial charge in [-0.2, -0.15) is 0 Å². The smallest absolute Gasteiger partial charge is 0.171 e. The third kappa shape index (κ3) is 1.04. The molecule has 2 heterocycles. The number of hydrogen-bond donors (Lipinski definition) is 6. The Kier molecular flexibility index (Phi) is 1.88. The first kappa shape index (κ1) is 9.32. The first-order chi connectivity index (χ1) is 5.97. The zero-order valence-electron chi connectivity index (χ0n) is 6.83. The quantitative estimate of drug-likeness (QED) is 0.237. The fourth-order valence-electron chi connectivity index (χ4n) is 2.06. The van der Waals surface area contributed by atoms with Crippen LogP contribution in [0, 0.1) is 0 Å². The molecule has 2 bridgehead atoms. The highest BCUT2D eigenvalue weighted by Crippen LogP contribution is 2.34. The van der Waals surface area contributed by atoms with Gasteiger partial charge >= 0.3 is 0 Å². The molecule has 2 rings (SSSR count). The lowest BCUT2D eigenvalue weighted by atomic mass is 9.93. The molecule has 0 spiro atoms. The summed E-state index contributed by atoms with van der Waals surface area (Å²) in [7, 11) is 0. The Balaban J connectivity index is 2.31. The zero-order valence-corrected chi connectivity index (χ0v) is 6.83. The van der Waals surface area contributed by atoms with E-state index >= 15 is 0 Å². The van der Waals surface area contributed by atoms with Gasteiger partial charge in [-0.3, -0.25) is 5.32 Å². The molecule has 0 aromatic rings. The molecule has 2 saturated heterocycles. The summed E-state index contributed by atoms with van der Waals surface area (Å²) >= 11 is 0. The predicted molar refractivity (Wildman–Crippen MR) is 40.5 cm³/mol. The van der Waals surface area contributed by atoms with Crippen molar-refractivity contribution in [1.29, 1.82) is 0 Å². The van der Waals surface area contributed by atoms with E-state index in [2.05, 4.69) is 5.32 Å². The second-order valence-electron chi connectivity index (χ2n) is 3.75. The van der Waals surface area contributed by atoms with Crippen LogP contribution in [0.4, 0.5) is 0 Å². The van der Waals surface area contributed by atoms with Gasteiger partial charge in [-0.25, -0.2) is 0 Å². The summed E-state index contributed by atoms with van der Waals surface area (Å²) in [5, 5.41) is 49.6. The van der Waals surface area contributed by atoms with Crippen molar-refractivity contribution in [2.75, 3.05) is 0 Å². The van der Waals surface area contributed by atoms with Gasteiger partial charge in [0.05, 0.1) is 6.10 Å². The molecule has 6 nitrogen and oxygen atoms in total. The second kappa shape index (κ2) is 2.63. The lowest BCUT2D eigenvalue weighted by Gasteiger charge is -2.41. The van der Waals surface area contributed by atoms with E-state index in [1.807, 2.05) is 0 Å². The zero-order chi connectivity index (χ0) is 9.80. The van der Waals surface area contributed by atoms with Crippen molar-refractivity contribution in [3.05, 3.63) is 0 Å². The Hall–Kier alpha value is -0.240. The average Bonchev–Trinajstić information content (AvgIpc) is 2.37. The molecule has 0 saturated carbocycles. The minimum Gasteiger partial charge on any atom is -0.389 e. The molecule has 2 aliphatic rings. The van der Waals surface area contributed by atoms with E-state index in [0.717, 1.165) is 0 Å². The highest BCUT2D eigenvalue weighted by Gasteiger charge is 2.60. The molecule has 76 valence electrons. The van der Waals surface area contributed by atoms with Crippen molar-refractivity contribution in [1.82, 2.24) is 5.32 Å². The van der Waals surface area contributed by atoms with Crippen LogP contribution in [0.15, 0.2) is 0 Å². The maximum atomic E-state index is 9.66. The highest BCUT2D eigenvalue weighted by atomic mass is 16.4. The van der Waals surface area contributed by atoms with Crippen LogP contribution in [0.5, 0.6) is 0 Å². The monoisotopic (exact) mass is 191 g/mol. The molecule has 6 heteroatoms. The van der Waals surface area contributed by atoms with Crippen LogP contribution in [0.1, 0.15) is 6.42 Å². The van der Waals surface area contributed by atoms with Gasteiger partial charge in [-0.05, 0) is 6.42 Å². The van der Waals surface area contributed by atoms with Gasteiger partial charge in [-0.15, -0.1) is 0 Å². The Bertz CT molecular complexity index is 223. The third-order valence-electron chi connectivity index (χ3n) is 2.94. The summed E-state index contributed by atoms with van der Waals surface area (Å²) in [6.45, 7) is 0. The minimum absolute atomic E-state index is 0.117. The highest BCUT2D eigenvalue weighted by molar-refractivity contribution is 5.12. The van der Waals surface area contributed by atoms with Gasteiger partial charge < -0.3 is 25.5 Å². The molecule has 0 radical (unpaired) electrons. The maximum absolute atomic E-state index is 9.66. The van der Waals surface area contributed by atoms with E-state index in [-0.39, 0.29) is 6.42 Å². The van der Waals surface area contributed by atoms with Crippen molar-refractivity contribution >= 4 is 0 Å². The van der Waals surface area contributed by atoms with Crippen molar-refractivity contribution in [2.24, 2.45) is 0 Å². The Labute approximate surface area is 74.4 Å². The van der Waals surface area contributed by atoms with E-state index in [9.17, 15) is 25.5 Å². The van der Waals surface area contributed by atoms with Crippen LogP contribution >= 0.6 is 0 Å². The number of piperidine rings is 1. The molecule has 6 atom stereocenters. The predicted octanol–water partition coefficient (Wildman–Crippen LogP) is -3.51. The van der Waals surface area contributed by atoms with Gasteiger partial charge in [0.2, 0.25) is 0 Å². The molecule has 2 aliphatic heterocycles. The molecule has 0 aromatic carbocycles. The van der Waals surface area contributed by atoms with E-state index in [1.54, 1.807) is 0 Å². The van der Waals surface area contributed by atoms with Gasteiger partial charge in [0.25, 0.3) is 0 Å². The Morgan fingerprint density at radius 2 is 1.69 bits per heavy atom. The van der Waals surface area contributed by atoms with Crippen LogP contribution < -0.4 is 5.32 Å². The Morgan fingerprint density at radius 1 is 1.08 bits per heavy atom. The number of aliphatic hydroxyl groups is 5. The van der Waals surface area contributed by atoms with Crippen molar-refractivity contribution < 1.29 is 25.5 Å². The van der Waals surface area contributed by atoms with Crippen molar-refractivity contribution in [3.63, 3.8) is 0 Å². The second-order valence-corrected chi connectivity index (χ2v) is 3.75. The molecule has 0 aromatic heterocycles. The van der Waals surface area contributed by atoms with E-state index < -0.39 is 36.2 Å². The molecule has 0 amide bonds. The van der Waals surface area contributed by atoms with Crippen molar-refractivity contribution in [2.45, 2.75) is 42.6 Å². The summed E-state index contributed by atoms with van der Waals surface area (Å²) in [5.41, 5.74) is -1.89. The van der Waals surface area contributed by atoms with Gasteiger partial charge in [0.1, 0.15) is 18.3 Å². The van der Waals surface area contributed by atoms with Gasteiger partial charge in [0.15, 0.2) is 5.72 Å². The van der Waals surface area contributed by atoms with Gasteiger partial charge in [-0.1, -0.05) is 0 Å². The summed E-state index contributed by atoms with van der Waals surface area (Å²) in [5.74, 6) is 0. The van der Waals surface area contributed by atoms with Crippen LogP contribution in [-0.4, -0.2) is 61.7 Å². The van der Waals surface area contributed by atoms with E-state index in [0.29, 0.717) is 0 Å². The topological polar surface area (TPSA) is 113 Å². The number of hydrogen-bond acceptors (Lipinski definition) is 6. The first-order valence-corrected chi connectivity index (χ1v) is 4.19. The number of fused-ring (bicyclic) bond motifs is 2. The largest absolute Gasteiger partial charge is 0.389 e. The minimum atomic E-state index is -1.89. The maximum Gasteiger partial charge on any atom is 0.171 e. The summed E-state index contributed by atoms with van der Waals surface area (Å²) < 4.78 is 0. The molecule has 6 N–H and O–H groups in total. The molecule has 6 unspecified atom stereocenters. The van der Waals surface area contributed by atoms with Crippen LogP contribution in [-0.2, 0) is 0 Å². The summed E-state index contributed by atoms with van der Waals surface area (Å²) in [4.78, 5) is 0.